The number of nitrogens with zero attached hydrogens (tertiary/aromatic N) is 2. The molecule has 2 aromatic carbocycles. The molecule has 10 heteroatoms. The molecule has 0 saturated carbocycles. The number of anilines is 1. The van der Waals surface area contributed by atoms with E-state index in [1.807, 2.05) is 36.4 Å². The number of amides is 1. The minimum absolute atomic E-state index is 0.0208. The Kier molecular flexibility index (Phi) is 9.01. The van der Waals surface area contributed by atoms with Crippen LogP contribution in [0, 0.1) is 0 Å². The number of ether oxygens (including phenoxy) is 2. The van der Waals surface area contributed by atoms with E-state index in [-0.39, 0.29) is 37.6 Å². The van der Waals surface area contributed by atoms with E-state index >= 15 is 0 Å². The average Bonchev–Trinajstić information content (AvgIpc) is 2.91. The number of carboxylic acids is 1. The Bertz CT molecular complexity index is 1140. The third kappa shape index (κ3) is 7.34. The van der Waals surface area contributed by atoms with Crippen molar-refractivity contribution in [2.24, 2.45) is 0 Å². The van der Waals surface area contributed by atoms with Gasteiger partial charge in [0.2, 0.25) is 5.91 Å². The molecule has 0 radical (unpaired) electrons. The van der Waals surface area contributed by atoms with Crippen LogP contribution >= 0.6 is 11.8 Å². The maximum absolute atomic E-state index is 11.9. The lowest BCUT2D eigenvalue weighted by Crippen LogP contribution is -2.31. The van der Waals surface area contributed by atoms with Crippen LogP contribution in [0.5, 0.6) is 0 Å². The molecule has 4 rings (SSSR count). The predicted octanol–water partition coefficient (Wildman–Crippen LogP) is 4.11. The van der Waals surface area contributed by atoms with E-state index < -0.39 is 12.3 Å². The number of nitrogens with one attached hydrogen (secondary N) is 1. The van der Waals surface area contributed by atoms with Gasteiger partial charge in [-0.1, -0.05) is 48.2 Å². The first-order valence-electron chi connectivity index (χ1n) is 11.5. The monoisotopic (exact) mass is 509 g/mol. The van der Waals surface area contributed by atoms with Crippen molar-refractivity contribution in [3.63, 3.8) is 0 Å². The van der Waals surface area contributed by atoms with E-state index in [1.54, 1.807) is 30.6 Å². The van der Waals surface area contributed by atoms with Crippen molar-refractivity contribution in [1.82, 2.24) is 9.97 Å². The first kappa shape index (κ1) is 25.8. The van der Waals surface area contributed by atoms with E-state index in [1.165, 1.54) is 11.8 Å². The number of carbonyl (C=O) groups is 2. The lowest BCUT2D eigenvalue weighted by atomic mass is 10.0. The number of thioether (sulfide) groups is 1. The molecule has 0 aliphatic carbocycles. The Morgan fingerprint density at radius 3 is 2.33 bits per heavy atom. The van der Waals surface area contributed by atoms with Gasteiger partial charge in [-0.05, 0) is 29.3 Å². The van der Waals surface area contributed by atoms with Gasteiger partial charge in [-0.2, -0.15) is 0 Å². The fraction of sp³-hybridized carbons (Fsp3) is 0.308. The minimum Gasteiger partial charge on any atom is -0.481 e. The topological polar surface area (TPSA) is 131 Å². The SMILES string of the molecule is O=C(O)CCC(=O)Nc1ccc([C@@H]2O[C@H](CSc3ncccn3)C[C@H](c3ccc(CO)cc3)O2)cc1. The molecule has 0 bridgehead atoms. The van der Waals surface area contributed by atoms with Crippen molar-refractivity contribution in [1.29, 1.82) is 0 Å². The Hall–Kier alpha value is -3.31. The van der Waals surface area contributed by atoms with Gasteiger partial charge in [0.15, 0.2) is 11.4 Å². The molecule has 1 aliphatic rings. The normalized spacial score (nSPS) is 19.5. The van der Waals surface area contributed by atoms with Crippen molar-refractivity contribution in [2.75, 3.05) is 11.1 Å². The summed E-state index contributed by atoms with van der Waals surface area (Å²) in [5.74, 6) is -0.728. The molecule has 3 aromatic rings. The van der Waals surface area contributed by atoms with Gasteiger partial charge >= 0.3 is 5.97 Å². The number of aliphatic carboxylic acids is 1. The van der Waals surface area contributed by atoms with Gasteiger partial charge < -0.3 is 25.0 Å². The summed E-state index contributed by atoms with van der Waals surface area (Å²) in [5.41, 5.74) is 3.18. The van der Waals surface area contributed by atoms with Crippen molar-refractivity contribution >= 4 is 29.3 Å². The van der Waals surface area contributed by atoms with Crippen LogP contribution in [-0.2, 0) is 25.7 Å². The Labute approximate surface area is 212 Å². The van der Waals surface area contributed by atoms with E-state index in [0.29, 0.717) is 23.0 Å². The summed E-state index contributed by atoms with van der Waals surface area (Å²) in [7, 11) is 0. The quantitative estimate of drug-likeness (QED) is 0.273. The van der Waals surface area contributed by atoms with Crippen molar-refractivity contribution in [3.05, 3.63) is 83.7 Å². The number of carboxylic acid groups (broad SMARTS) is 1. The number of benzene rings is 2. The van der Waals surface area contributed by atoms with Crippen molar-refractivity contribution < 1.29 is 29.3 Å². The highest BCUT2D eigenvalue weighted by molar-refractivity contribution is 7.99. The molecule has 9 nitrogen and oxygen atoms in total. The van der Waals surface area contributed by atoms with Gasteiger partial charge in [0, 0.05) is 42.2 Å². The molecule has 1 fully saturated rings. The number of aromatic nitrogens is 2. The van der Waals surface area contributed by atoms with Gasteiger partial charge in [-0.25, -0.2) is 9.97 Å². The highest BCUT2D eigenvalue weighted by Crippen LogP contribution is 2.39. The summed E-state index contributed by atoms with van der Waals surface area (Å²) in [6.45, 7) is -0.0208. The highest BCUT2D eigenvalue weighted by atomic mass is 32.2. The molecule has 2 heterocycles. The maximum Gasteiger partial charge on any atom is 0.303 e. The van der Waals surface area contributed by atoms with Crippen LogP contribution < -0.4 is 5.32 Å². The number of rotatable bonds is 10. The molecule has 36 heavy (non-hydrogen) atoms. The molecule has 188 valence electrons. The zero-order chi connectivity index (χ0) is 25.3. The van der Waals surface area contributed by atoms with Crippen LogP contribution in [0.2, 0.25) is 0 Å². The largest absolute Gasteiger partial charge is 0.481 e. The van der Waals surface area contributed by atoms with E-state index in [2.05, 4.69) is 15.3 Å². The molecule has 1 aromatic heterocycles. The molecular weight excluding hydrogens is 482 g/mol. The van der Waals surface area contributed by atoms with E-state index in [0.717, 1.165) is 16.7 Å². The van der Waals surface area contributed by atoms with E-state index in [9.17, 15) is 14.7 Å². The number of aliphatic hydroxyl groups excluding tert-OH is 1. The van der Waals surface area contributed by atoms with Crippen LogP contribution in [0.25, 0.3) is 0 Å². The van der Waals surface area contributed by atoms with Crippen LogP contribution in [-0.4, -0.2) is 43.9 Å². The van der Waals surface area contributed by atoms with E-state index in [4.69, 9.17) is 14.6 Å². The lowest BCUT2D eigenvalue weighted by Gasteiger charge is -2.36. The van der Waals surface area contributed by atoms with Gasteiger partial charge in [0.05, 0.1) is 25.2 Å². The second-order valence-electron chi connectivity index (χ2n) is 8.26. The number of hydrogen-bond donors (Lipinski definition) is 3. The fourth-order valence-electron chi connectivity index (χ4n) is 3.72. The zero-order valence-electron chi connectivity index (χ0n) is 19.4. The molecule has 1 amide bonds. The third-order valence-electron chi connectivity index (χ3n) is 5.59. The summed E-state index contributed by atoms with van der Waals surface area (Å²) in [6.07, 6.45) is 2.78. The molecule has 3 atom stereocenters. The second-order valence-corrected chi connectivity index (χ2v) is 9.24. The molecule has 1 saturated heterocycles. The van der Waals surface area contributed by atoms with Gasteiger partial charge in [-0.3, -0.25) is 9.59 Å². The average molecular weight is 510 g/mol. The number of hydrogen-bond acceptors (Lipinski definition) is 8. The van der Waals surface area contributed by atoms with Gasteiger partial charge in [-0.15, -0.1) is 0 Å². The molecule has 0 spiro atoms. The smallest absolute Gasteiger partial charge is 0.303 e. The summed E-state index contributed by atoms with van der Waals surface area (Å²) in [5, 5.41) is 21.5. The van der Waals surface area contributed by atoms with Crippen molar-refractivity contribution in [2.45, 2.75) is 49.5 Å². The van der Waals surface area contributed by atoms with Crippen LogP contribution in [0.3, 0.4) is 0 Å². The molecule has 0 unspecified atom stereocenters. The first-order chi connectivity index (χ1) is 17.5. The standard InChI is InChI=1S/C26H27N3O6S/c30-15-17-2-4-18(5-3-17)22-14-21(16-36-26-27-12-1-13-28-26)34-25(35-22)19-6-8-20(9-7-19)29-23(31)10-11-24(32)33/h1-9,12-13,21-22,25,30H,10-11,14-16H2,(H,29,31)(H,32,33)/t21-,22+,25+/m0/s1. The van der Waals surface area contributed by atoms with Crippen molar-refractivity contribution in [3.8, 4) is 0 Å². The predicted molar refractivity (Wildman–Crippen MR) is 133 cm³/mol. The molecule has 3 N–H and O–H groups in total. The number of aliphatic hydroxyl groups is 1. The Morgan fingerprint density at radius 2 is 1.67 bits per heavy atom. The van der Waals surface area contributed by atoms with Gasteiger partial charge in [0.25, 0.3) is 0 Å². The van der Waals surface area contributed by atoms with Gasteiger partial charge in [0.1, 0.15) is 0 Å². The Balaban J connectivity index is 1.46. The summed E-state index contributed by atoms with van der Waals surface area (Å²) in [4.78, 5) is 31.1. The Morgan fingerprint density at radius 1 is 0.972 bits per heavy atom. The third-order valence-corrected chi connectivity index (χ3v) is 6.60. The zero-order valence-corrected chi connectivity index (χ0v) is 20.3. The summed E-state index contributed by atoms with van der Waals surface area (Å²) >= 11 is 1.52. The summed E-state index contributed by atoms with van der Waals surface area (Å²) in [6, 6.07) is 16.6. The first-order valence-corrected chi connectivity index (χ1v) is 12.5. The minimum atomic E-state index is -1.01. The molecular formula is C26H27N3O6S. The highest BCUT2D eigenvalue weighted by Gasteiger charge is 2.32. The number of carbonyl (C=O) groups excluding carboxylic acids is 1. The lowest BCUT2D eigenvalue weighted by molar-refractivity contribution is -0.245. The second kappa shape index (κ2) is 12.6. The maximum atomic E-state index is 11.9. The van der Waals surface area contributed by atoms with Crippen LogP contribution in [0.1, 0.15) is 48.3 Å². The van der Waals surface area contributed by atoms with Crippen LogP contribution in [0.4, 0.5) is 5.69 Å². The fourth-order valence-corrected chi connectivity index (χ4v) is 4.54. The van der Waals surface area contributed by atoms with Crippen LogP contribution in [0.15, 0.2) is 72.1 Å². The summed E-state index contributed by atoms with van der Waals surface area (Å²) < 4.78 is 12.6. The molecule has 1 aliphatic heterocycles.